The molecule has 1 heterocycles. The second kappa shape index (κ2) is 2.15. The van der Waals surface area contributed by atoms with Gasteiger partial charge in [0.05, 0.1) is 6.54 Å². The summed E-state index contributed by atoms with van der Waals surface area (Å²) in [6.07, 6.45) is 5.08. The minimum Gasteiger partial charge on any atom is -0.186 e. The molecule has 0 fully saturated rings. The Morgan fingerprint density at radius 2 is 2.38 bits per heavy atom. The van der Waals surface area contributed by atoms with E-state index in [-0.39, 0.29) is 0 Å². The maximum absolute atomic E-state index is 3.06. The fourth-order valence-corrected chi connectivity index (χ4v) is 0.760. The molecular formula is C7H12N+. The first-order chi connectivity index (χ1) is 3.80. The van der Waals surface area contributed by atoms with E-state index in [1.807, 2.05) is 0 Å². The van der Waals surface area contributed by atoms with Crippen LogP contribution in [-0.2, 0) is 0 Å². The van der Waals surface area contributed by atoms with Gasteiger partial charge in [-0.2, -0.15) is 5.32 Å². The number of nitrogens with one attached hydrogen (secondary N) is 1. The fourth-order valence-electron chi connectivity index (χ4n) is 0.760. The van der Waals surface area contributed by atoms with Gasteiger partial charge in [0, 0.05) is 5.92 Å². The average molecular weight is 110 g/mol. The molecule has 2 atom stereocenters. The van der Waals surface area contributed by atoms with Gasteiger partial charge in [-0.3, -0.25) is 0 Å². The summed E-state index contributed by atoms with van der Waals surface area (Å²) in [7, 11) is 0. The van der Waals surface area contributed by atoms with Crippen LogP contribution in [0.1, 0.15) is 13.8 Å². The Labute approximate surface area is 50.8 Å². The van der Waals surface area contributed by atoms with Crippen LogP contribution in [0.5, 0.6) is 0 Å². The van der Waals surface area contributed by atoms with Crippen LogP contribution in [0.3, 0.4) is 0 Å². The predicted octanol–water partition coefficient (Wildman–Crippen LogP) is 1.18. The minimum atomic E-state index is 0.705. The predicted molar refractivity (Wildman–Crippen MR) is 34.1 cm³/mol. The summed E-state index contributed by atoms with van der Waals surface area (Å²) in [5.74, 6) is 1.48. The molecule has 2 unspecified atom stereocenters. The van der Waals surface area contributed by atoms with Gasteiger partial charge in [-0.05, 0) is 5.92 Å². The lowest BCUT2D eigenvalue weighted by molar-refractivity contribution is 0.420. The van der Waals surface area contributed by atoms with Crippen molar-refractivity contribution in [3.63, 3.8) is 0 Å². The molecule has 0 amide bonds. The first-order valence-electron chi connectivity index (χ1n) is 3.12. The van der Waals surface area contributed by atoms with Crippen LogP contribution >= 0.6 is 0 Å². The SMILES string of the molecule is CC1C=[C+]NCC1C. The first-order valence-corrected chi connectivity index (χ1v) is 3.12. The topological polar surface area (TPSA) is 12.0 Å². The van der Waals surface area contributed by atoms with Gasteiger partial charge in [0.15, 0.2) is 6.08 Å². The Morgan fingerprint density at radius 1 is 1.62 bits per heavy atom. The van der Waals surface area contributed by atoms with Crippen molar-refractivity contribution in [1.29, 1.82) is 0 Å². The molecule has 1 heteroatoms. The Bertz CT molecular complexity index is 96.6. The van der Waals surface area contributed by atoms with E-state index in [1.54, 1.807) is 0 Å². The molecule has 1 aliphatic heterocycles. The lowest BCUT2D eigenvalue weighted by Crippen LogP contribution is -2.25. The van der Waals surface area contributed by atoms with Gasteiger partial charge in [0.2, 0.25) is 0 Å². The lowest BCUT2D eigenvalue weighted by atomic mass is 9.94. The molecule has 1 nitrogen and oxygen atoms in total. The molecule has 0 spiro atoms. The van der Waals surface area contributed by atoms with Crippen molar-refractivity contribution in [3.8, 4) is 0 Å². The molecule has 1 rings (SSSR count). The third-order valence-corrected chi connectivity index (χ3v) is 1.77. The van der Waals surface area contributed by atoms with E-state index in [4.69, 9.17) is 0 Å². The van der Waals surface area contributed by atoms with Crippen molar-refractivity contribution in [3.05, 3.63) is 12.3 Å². The zero-order valence-corrected chi connectivity index (χ0v) is 5.44. The van der Waals surface area contributed by atoms with Crippen LogP contribution in [0.15, 0.2) is 6.08 Å². The molecule has 0 aromatic rings. The maximum Gasteiger partial charge on any atom is 0.363 e. The lowest BCUT2D eigenvalue weighted by Gasteiger charge is -2.12. The van der Waals surface area contributed by atoms with E-state index in [9.17, 15) is 0 Å². The summed E-state index contributed by atoms with van der Waals surface area (Å²) >= 11 is 0. The summed E-state index contributed by atoms with van der Waals surface area (Å²) < 4.78 is 0. The highest BCUT2D eigenvalue weighted by atomic mass is 14.8. The highest BCUT2D eigenvalue weighted by molar-refractivity contribution is 4.87. The molecule has 1 N–H and O–H groups in total. The second-order valence-corrected chi connectivity index (χ2v) is 2.53. The maximum atomic E-state index is 3.06. The largest absolute Gasteiger partial charge is 0.363 e. The number of allylic oxidation sites excluding steroid dienone is 1. The standard InChI is InChI=1S/C7H12N/c1-6-3-4-8-5-7(6)2/h3,6-8H,5H2,1-2H3/q+1. The molecule has 0 radical (unpaired) electrons. The van der Waals surface area contributed by atoms with Crippen molar-refractivity contribution in [2.75, 3.05) is 6.54 Å². The van der Waals surface area contributed by atoms with Crippen LogP contribution in [0.4, 0.5) is 0 Å². The number of hydrogen-bond donors (Lipinski definition) is 1. The summed E-state index contributed by atoms with van der Waals surface area (Å²) in [5, 5.41) is 3.06. The van der Waals surface area contributed by atoms with Gasteiger partial charge in [-0.25, -0.2) is 0 Å². The average Bonchev–Trinajstić information content (AvgIpc) is 1.77. The summed E-state index contributed by atoms with van der Waals surface area (Å²) in [4.78, 5) is 0. The molecule has 1 aliphatic rings. The third-order valence-electron chi connectivity index (χ3n) is 1.77. The molecule has 0 saturated heterocycles. The van der Waals surface area contributed by atoms with Gasteiger partial charge in [-0.1, -0.05) is 13.8 Å². The monoisotopic (exact) mass is 110 g/mol. The van der Waals surface area contributed by atoms with Gasteiger partial charge in [0.1, 0.15) is 0 Å². The van der Waals surface area contributed by atoms with Gasteiger partial charge in [0.25, 0.3) is 0 Å². The van der Waals surface area contributed by atoms with E-state index >= 15 is 0 Å². The van der Waals surface area contributed by atoms with Gasteiger partial charge in [-0.15, -0.1) is 0 Å². The Balaban J connectivity index is 2.47. The van der Waals surface area contributed by atoms with Crippen molar-refractivity contribution < 1.29 is 0 Å². The van der Waals surface area contributed by atoms with Crippen molar-refractivity contribution in [1.82, 2.24) is 5.32 Å². The van der Waals surface area contributed by atoms with E-state index < -0.39 is 0 Å². The molecule has 0 aromatic carbocycles. The quantitative estimate of drug-likeness (QED) is 0.462. The Kier molecular flexibility index (Phi) is 1.50. The highest BCUT2D eigenvalue weighted by Crippen LogP contribution is 2.12. The van der Waals surface area contributed by atoms with E-state index in [1.165, 1.54) is 0 Å². The smallest absolute Gasteiger partial charge is 0.186 e. The molecule has 0 aromatic heterocycles. The zero-order valence-electron chi connectivity index (χ0n) is 5.44. The number of hydrogen-bond acceptors (Lipinski definition) is 1. The minimum absolute atomic E-state index is 0.705. The first kappa shape index (κ1) is 5.58. The molecule has 0 saturated carbocycles. The normalized spacial score (nSPS) is 35.8. The summed E-state index contributed by atoms with van der Waals surface area (Å²) in [6.45, 7) is 5.55. The number of rotatable bonds is 0. The Hall–Kier alpha value is -0.550. The summed E-state index contributed by atoms with van der Waals surface area (Å²) in [5.41, 5.74) is 0. The van der Waals surface area contributed by atoms with Gasteiger partial charge < -0.3 is 0 Å². The molecule has 0 bridgehead atoms. The van der Waals surface area contributed by atoms with Crippen LogP contribution in [0.2, 0.25) is 0 Å². The van der Waals surface area contributed by atoms with Crippen molar-refractivity contribution in [2.45, 2.75) is 13.8 Å². The van der Waals surface area contributed by atoms with Gasteiger partial charge >= 0.3 is 6.20 Å². The molecule has 44 valence electrons. The van der Waals surface area contributed by atoms with E-state index in [0.717, 1.165) is 12.5 Å². The zero-order chi connectivity index (χ0) is 5.98. The highest BCUT2D eigenvalue weighted by Gasteiger charge is 2.18. The van der Waals surface area contributed by atoms with Crippen LogP contribution in [-0.4, -0.2) is 6.54 Å². The molecule has 0 aliphatic carbocycles. The van der Waals surface area contributed by atoms with Crippen LogP contribution in [0.25, 0.3) is 0 Å². The molecular weight excluding hydrogens is 98.1 g/mol. The Morgan fingerprint density at radius 3 is 2.75 bits per heavy atom. The van der Waals surface area contributed by atoms with Crippen molar-refractivity contribution >= 4 is 0 Å². The van der Waals surface area contributed by atoms with E-state index in [0.29, 0.717) is 5.92 Å². The second-order valence-electron chi connectivity index (χ2n) is 2.53. The van der Waals surface area contributed by atoms with E-state index in [2.05, 4.69) is 31.4 Å². The summed E-state index contributed by atoms with van der Waals surface area (Å²) in [6, 6.07) is 0. The fraction of sp³-hybridized carbons (Fsp3) is 0.714. The third kappa shape index (κ3) is 0.988. The van der Waals surface area contributed by atoms with Crippen LogP contribution in [0, 0.1) is 18.0 Å². The van der Waals surface area contributed by atoms with Crippen LogP contribution < -0.4 is 5.32 Å². The molecule has 8 heavy (non-hydrogen) atoms. The van der Waals surface area contributed by atoms with Crippen molar-refractivity contribution in [2.24, 2.45) is 11.8 Å².